The van der Waals surface area contributed by atoms with Gasteiger partial charge in [-0.2, -0.15) is 0 Å². The molecule has 186 valence electrons. The summed E-state index contributed by atoms with van der Waals surface area (Å²) in [6, 6.07) is 24.5. The van der Waals surface area contributed by atoms with Crippen LogP contribution in [0.25, 0.3) is 21.3 Å². The van der Waals surface area contributed by atoms with E-state index >= 15 is 0 Å². The fourth-order valence-corrected chi connectivity index (χ4v) is 5.35. The van der Waals surface area contributed by atoms with E-state index in [2.05, 4.69) is 58.8 Å². The average Bonchev–Trinajstić information content (AvgIpc) is 3.24. The van der Waals surface area contributed by atoms with Gasteiger partial charge in [-0.25, -0.2) is 4.98 Å². The second kappa shape index (κ2) is 12.0. The normalized spacial score (nSPS) is 12.8. The van der Waals surface area contributed by atoms with Crippen molar-refractivity contribution < 1.29 is 14.7 Å². The van der Waals surface area contributed by atoms with Crippen LogP contribution < -0.4 is 5.32 Å². The standard InChI is InChI=1S/C30H32N2O3S/c1-20(30(34)35)17-26(18-23-11-14-25(15-12-23)24-8-4-3-5-9-24)32-29(33)10-6-7-22-13-16-27-28(19-22)36-21(2)31-27/h3-5,8-9,11-16,19-20,26H,6-7,10,17-18H2,1-2H3,(H,32,33)(H,34,35)/t20-,26?/m1/s1. The number of aliphatic carboxylic acids is 1. The number of benzene rings is 3. The summed E-state index contributed by atoms with van der Waals surface area (Å²) in [4.78, 5) is 28.8. The van der Waals surface area contributed by atoms with E-state index in [0.717, 1.165) is 40.1 Å². The van der Waals surface area contributed by atoms with Crippen LogP contribution in [-0.4, -0.2) is 28.0 Å². The number of nitrogens with zero attached hydrogens (tertiary/aromatic N) is 1. The first-order valence-electron chi connectivity index (χ1n) is 12.4. The number of aromatic nitrogens is 1. The molecule has 2 N–H and O–H groups in total. The lowest BCUT2D eigenvalue weighted by atomic mass is 9.94. The second-order valence-electron chi connectivity index (χ2n) is 9.40. The Hall–Kier alpha value is -3.51. The number of carboxylic acid groups (broad SMARTS) is 1. The summed E-state index contributed by atoms with van der Waals surface area (Å²) < 4.78 is 1.18. The van der Waals surface area contributed by atoms with Crippen LogP contribution in [0.3, 0.4) is 0 Å². The average molecular weight is 501 g/mol. The van der Waals surface area contributed by atoms with Crippen LogP contribution in [0, 0.1) is 12.8 Å². The zero-order chi connectivity index (χ0) is 25.5. The molecule has 36 heavy (non-hydrogen) atoms. The Labute approximate surface area is 216 Å². The largest absolute Gasteiger partial charge is 0.481 e. The van der Waals surface area contributed by atoms with E-state index < -0.39 is 11.9 Å². The summed E-state index contributed by atoms with van der Waals surface area (Å²) in [6.07, 6.45) is 2.95. The Morgan fingerprint density at radius 3 is 2.39 bits per heavy atom. The van der Waals surface area contributed by atoms with Crippen LogP contribution in [0.2, 0.25) is 0 Å². The van der Waals surface area contributed by atoms with Crippen LogP contribution in [0.4, 0.5) is 0 Å². The SMILES string of the molecule is Cc1nc2ccc(CCCC(=O)NC(Cc3ccc(-c4ccccc4)cc3)C[C@@H](C)C(=O)O)cc2s1. The van der Waals surface area contributed by atoms with Gasteiger partial charge in [0, 0.05) is 12.5 Å². The molecular formula is C30H32N2O3S. The summed E-state index contributed by atoms with van der Waals surface area (Å²) >= 11 is 1.68. The third kappa shape index (κ3) is 7.01. The minimum absolute atomic E-state index is 0.0341. The van der Waals surface area contributed by atoms with Crippen molar-refractivity contribution in [3.8, 4) is 11.1 Å². The predicted octanol–water partition coefficient (Wildman–Crippen LogP) is 6.43. The molecule has 3 aromatic carbocycles. The van der Waals surface area contributed by atoms with E-state index in [0.29, 0.717) is 19.3 Å². The Bertz CT molecular complexity index is 1320. The van der Waals surface area contributed by atoms with Gasteiger partial charge >= 0.3 is 5.97 Å². The molecule has 6 heteroatoms. The Morgan fingerprint density at radius 2 is 1.67 bits per heavy atom. The monoisotopic (exact) mass is 500 g/mol. The maximum Gasteiger partial charge on any atom is 0.306 e. The van der Waals surface area contributed by atoms with Gasteiger partial charge in [-0.3, -0.25) is 9.59 Å². The van der Waals surface area contributed by atoms with Gasteiger partial charge in [0.05, 0.1) is 21.1 Å². The highest BCUT2D eigenvalue weighted by Gasteiger charge is 2.20. The molecule has 0 radical (unpaired) electrons. The number of aryl methyl sites for hydroxylation is 2. The zero-order valence-electron chi connectivity index (χ0n) is 20.7. The molecule has 0 saturated heterocycles. The van der Waals surface area contributed by atoms with Crippen LogP contribution >= 0.6 is 11.3 Å². The molecule has 4 aromatic rings. The lowest BCUT2D eigenvalue weighted by molar-refractivity contribution is -0.141. The van der Waals surface area contributed by atoms with E-state index in [1.807, 2.05) is 31.2 Å². The van der Waals surface area contributed by atoms with Crippen molar-refractivity contribution in [2.45, 2.75) is 52.0 Å². The van der Waals surface area contributed by atoms with Crippen molar-refractivity contribution in [1.82, 2.24) is 10.3 Å². The summed E-state index contributed by atoms with van der Waals surface area (Å²) in [6.45, 7) is 3.70. The third-order valence-electron chi connectivity index (χ3n) is 6.40. The summed E-state index contributed by atoms with van der Waals surface area (Å²) in [5.74, 6) is -1.41. The number of carbonyl (C=O) groups excluding carboxylic acids is 1. The Morgan fingerprint density at radius 1 is 0.972 bits per heavy atom. The van der Waals surface area contributed by atoms with Gasteiger partial charge in [0.15, 0.2) is 0 Å². The molecule has 0 aliphatic carbocycles. The summed E-state index contributed by atoms with van der Waals surface area (Å²) in [5, 5.41) is 13.6. The highest BCUT2D eigenvalue weighted by Crippen LogP contribution is 2.24. The van der Waals surface area contributed by atoms with E-state index in [1.165, 1.54) is 10.3 Å². The molecule has 4 rings (SSSR count). The van der Waals surface area contributed by atoms with Crippen LogP contribution in [-0.2, 0) is 22.4 Å². The number of rotatable bonds is 11. The van der Waals surface area contributed by atoms with Crippen molar-refractivity contribution in [2.75, 3.05) is 0 Å². The molecule has 1 unspecified atom stereocenters. The van der Waals surface area contributed by atoms with Crippen molar-refractivity contribution >= 4 is 33.4 Å². The van der Waals surface area contributed by atoms with E-state index in [4.69, 9.17) is 0 Å². The molecule has 0 fully saturated rings. The number of nitrogens with one attached hydrogen (secondary N) is 1. The summed E-state index contributed by atoms with van der Waals surface area (Å²) in [7, 11) is 0. The second-order valence-corrected chi connectivity index (χ2v) is 10.6. The highest BCUT2D eigenvalue weighted by molar-refractivity contribution is 7.18. The van der Waals surface area contributed by atoms with E-state index in [1.54, 1.807) is 18.3 Å². The maximum atomic E-state index is 12.8. The number of carboxylic acids is 1. The number of fused-ring (bicyclic) bond motifs is 1. The van der Waals surface area contributed by atoms with Crippen LogP contribution in [0.5, 0.6) is 0 Å². The number of hydrogen-bond donors (Lipinski definition) is 2. The number of carbonyl (C=O) groups is 2. The van der Waals surface area contributed by atoms with Gasteiger partial charge < -0.3 is 10.4 Å². The first-order chi connectivity index (χ1) is 17.4. The number of thiazole rings is 1. The molecule has 0 aliphatic heterocycles. The molecule has 0 aliphatic rings. The quantitative estimate of drug-likeness (QED) is 0.249. The molecule has 0 saturated carbocycles. The highest BCUT2D eigenvalue weighted by atomic mass is 32.1. The fraction of sp³-hybridized carbons (Fsp3) is 0.300. The predicted molar refractivity (Wildman–Crippen MR) is 146 cm³/mol. The number of amides is 1. The Balaban J connectivity index is 1.34. The van der Waals surface area contributed by atoms with Crippen molar-refractivity contribution in [1.29, 1.82) is 0 Å². The van der Waals surface area contributed by atoms with Crippen molar-refractivity contribution in [3.63, 3.8) is 0 Å². The van der Waals surface area contributed by atoms with Crippen LogP contribution in [0.15, 0.2) is 72.8 Å². The number of hydrogen-bond acceptors (Lipinski definition) is 4. The minimum Gasteiger partial charge on any atom is -0.481 e. The van der Waals surface area contributed by atoms with Gasteiger partial charge in [-0.15, -0.1) is 11.3 Å². The molecule has 5 nitrogen and oxygen atoms in total. The van der Waals surface area contributed by atoms with Crippen LogP contribution in [0.1, 0.15) is 42.3 Å². The van der Waals surface area contributed by atoms with E-state index in [9.17, 15) is 14.7 Å². The molecule has 1 aromatic heterocycles. The van der Waals surface area contributed by atoms with Gasteiger partial charge in [-0.1, -0.05) is 67.6 Å². The molecule has 1 amide bonds. The smallest absolute Gasteiger partial charge is 0.306 e. The fourth-order valence-electron chi connectivity index (χ4n) is 4.46. The van der Waals surface area contributed by atoms with Crippen molar-refractivity contribution in [3.05, 3.63) is 88.9 Å². The summed E-state index contributed by atoms with van der Waals surface area (Å²) in [5.41, 5.74) is 5.58. The van der Waals surface area contributed by atoms with Gasteiger partial charge in [-0.05, 0) is 67.0 Å². The lowest BCUT2D eigenvalue weighted by Crippen LogP contribution is -2.38. The van der Waals surface area contributed by atoms with Crippen molar-refractivity contribution in [2.24, 2.45) is 5.92 Å². The lowest BCUT2D eigenvalue weighted by Gasteiger charge is -2.21. The van der Waals surface area contributed by atoms with Gasteiger partial charge in [0.1, 0.15) is 0 Å². The first kappa shape index (κ1) is 25.6. The van der Waals surface area contributed by atoms with Gasteiger partial charge in [0.2, 0.25) is 5.91 Å². The molecular weight excluding hydrogens is 468 g/mol. The zero-order valence-corrected chi connectivity index (χ0v) is 21.6. The molecule has 2 atom stereocenters. The van der Waals surface area contributed by atoms with E-state index in [-0.39, 0.29) is 11.9 Å². The molecule has 1 heterocycles. The Kier molecular flexibility index (Phi) is 8.49. The molecule has 0 bridgehead atoms. The minimum atomic E-state index is -0.845. The van der Waals surface area contributed by atoms with Gasteiger partial charge in [0.25, 0.3) is 0 Å². The third-order valence-corrected chi connectivity index (χ3v) is 7.33. The maximum absolute atomic E-state index is 12.8. The first-order valence-corrected chi connectivity index (χ1v) is 13.2. The molecule has 0 spiro atoms. The topological polar surface area (TPSA) is 79.3 Å².